The molecule has 0 radical (unpaired) electrons. The molecule has 32 heavy (non-hydrogen) atoms. The van der Waals surface area contributed by atoms with Crippen LogP contribution >= 0.6 is 0 Å². The van der Waals surface area contributed by atoms with Crippen LogP contribution in [0.4, 0.5) is 0 Å². The van der Waals surface area contributed by atoms with Crippen molar-refractivity contribution in [2.24, 2.45) is 0 Å². The lowest BCUT2D eigenvalue weighted by molar-refractivity contribution is -0.132. The molecule has 0 bridgehead atoms. The van der Waals surface area contributed by atoms with E-state index in [1.165, 1.54) is 6.42 Å². The van der Waals surface area contributed by atoms with Crippen LogP contribution in [0, 0.1) is 0 Å². The Hall–Kier alpha value is -3.47. The number of ketones is 2. The number of likely N-dealkylation sites (tertiary alicyclic amines) is 1. The molecule has 5 nitrogen and oxygen atoms in total. The number of fused-ring (bicyclic) bond motifs is 2. The second kappa shape index (κ2) is 8.23. The topological polar surface area (TPSA) is 59.4 Å². The van der Waals surface area contributed by atoms with Gasteiger partial charge in [0.1, 0.15) is 6.54 Å². The quantitative estimate of drug-likeness (QED) is 0.450. The summed E-state index contributed by atoms with van der Waals surface area (Å²) in [7, 11) is 0. The molecule has 3 aromatic rings. The Balaban J connectivity index is 1.58. The second-order valence-electron chi connectivity index (χ2n) is 8.58. The standard InChI is InChI=1S/C27H26N2O3/c1-2-18-9-8-12-20-19(15-23-26(31)21-10-4-5-11-22(21)27(23)32)16-29(25(18)20)17-24(30)28-13-6-3-7-14-28/h4-5,8-12,15-16H,2-3,6-7,13-14,17H2,1H3. The average Bonchev–Trinajstić information content (AvgIpc) is 3.30. The van der Waals surface area contributed by atoms with Crippen LogP contribution in [0.15, 0.2) is 54.2 Å². The summed E-state index contributed by atoms with van der Waals surface area (Å²) in [6.07, 6.45) is 7.74. The van der Waals surface area contributed by atoms with E-state index in [4.69, 9.17) is 0 Å². The van der Waals surface area contributed by atoms with Gasteiger partial charge in [0.25, 0.3) is 0 Å². The first-order chi connectivity index (χ1) is 15.6. The van der Waals surface area contributed by atoms with Crippen molar-refractivity contribution in [3.05, 3.63) is 76.5 Å². The molecular formula is C27H26N2O3. The summed E-state index contributed by atoms with van der Waals surface area (Å²) in [5.41, 5.74) is 4.05. The molecule has 1 fully saturated rings. The number of para-hydroxylation sites is 1. The van der Waals surface area contributed by atoms with Crippen LogP contribution in [-0.4, -0.2) is 40.0 Å². The molecule has 2 aliphatic rings. The molecule has 0 atom stereocenters. The van der Waals surface area contributed by atoms with Gasteiger partial charge in [0.2, 0.25) is 5.91 Å². The molecule has 0 unspecified atom stereocenters. The largest absolute Gasteiger partial charge is 0.341 e. The van der Waals surface area contributed by atoms with E-state index in [9.17, 15) is 14.4 Å². The van der Waals surface area contributed by atoms with Gasteiger partial charge in [0.05, 0.1) is 11.1 Å². The van der Waals surface area contributed by atoms with Crippen molar-refractivity contribution < 1.29 is 14.4 Å². The number of piperidine rings is 1. The minimum Gasteiger partial charge on any atom is -0.341 e. The maximum Gasteiger partial charge on any atom is 0.242 e. The molecule has 0 saturated carbocycles. The molecule has 2 aromatic carbocycles. The fourth-order valence-electron chi connectivity index (χ4n) is 4.94. The number of carbonyl (C=O) groups is 3. The first-order valence-corrected chi connectivity index (χ1v) is 11.4. The van der Waals surface area contributed by atoms with Crippen molar-refractivity contribution in [2.75, 3.05) is 13.1 Å². The Morgan fingerprint density at radius 3 is 2.28 bits per heavy atom. The maximum absolute atomic E-state index is 13.0. The van der Waals surface area contributed by atoms with Gasteiger partial charge >= 0.3 is 0 Å². The lowest BCUT2D eigenvalue weighted by Gasteiger charge is -2.27. The number of allylic oxidation sites excluding steroid dienone is 1. The van der Waals surface area contributed by atoms with Crippen LogP contribution in [0.3, 0.4) is 0 Å². The number of Topliss-reactive ketones (excluding diaryl/α,β-unsaturated/α-hetero) is 2. The average molecular weight is 427 g/mol. The normalized spacial score (nSPS) is 16.0. The Bertz CT molecular complexity index is 1240. The lowest BCUT2D eigenvalue weighted by Crippen LogP contribution is -2.37. The third-order valence-electron chi connectivity index (χ3n) is 6.61. The van der Waals surface area contributed by atoms with Gasteiger partial charge in [-0.3, -0.25) is 14.4 Å². The van der Waals surface area contributed by atoms with E-state index in [-0.39, 0.29) is 29.6 Å². The van der Waals surface area contributed by atoms with Crippen molar-refractivity contribution in [1.82, 2.24) is 9.47 Å². The predicted molar refractivity (Wildman–Crippen MR) is 125 cm³/mol. The lowest BCUT2D eigenvalue weighted by atomic mass is 10.0. The number of aromatic nitrogens is 1. The first kappa shape index (κ1) is 20.4. The van der Waals surface area contributed by atoms with E-state index in [1.54, 1.807) is 30.3 Å². The third-order valence-corrected chi connectivity index (χ3v) is 6.61. The van der Waals surface area contributed by atoms with E-state index in [2.05, 4.69) is 13.0 Å². The van der Waals surface area contributed by atoms with Crippen LogP contribution < -0.4 is 0 Å². The van der Waals surface area contributed by atoms with Crippen molar-refractivity contribution in [2.45, 2.75) is 39.2 Å². The van der Waals surface area contributed by atoms with E-state index in [0.717, 1.165) is 54.4 Å². The van der Waals surface area contributed by atoms with Crippen molar-refractivity contribution >= 4 is 34.5 Å². The zero-order valence-corrected chi connectivity index (χ0v) is 18.3. The highest BCUT2D eigenvalue weighted by atomic mass is 16.2. The van der Waals surface area contributed by atoms with Gasteiger partial charge in [-0.2, -0.15) is 0 Å². The molecule has 0 N–H and O–H groups in total. The minimum absolute atomic E-state index is 0.118. The van der Waals surface area contributed by atoms with Gasteiger partial charge in [0, 0.05) is 41.4 Å². The van der Waals surface area contributed by atoms with Gasteiger partial charge in [-0.25, -0.2) is 0 Å². The summed E-state index contributed by atoms with van der Waals surface area (Å²) >= 11 is 0. The first-order valence-electron chi connectivity index (χ1n) is 11.4. The minimum atomic E-state index is -0.234. The Morgan fingerprint density at radius 1 is 0.938 bits per heavy atom. The molecule has 162 valence electrons. The van der Waals surface area contributed by atoms with E-state index < -0.39 is 0 Å². The number of amides is 1. The Morgan fingerprint density at radius 2 is 1.62 bits per heavy atom. The molecule has 5 rings (SSSR count). The highest BCUT2D eigenvalue weighted by Crippen LogP contribution is 2.32. The second-order valence-corrected chi connectivity index (χ2v) is 8.58. The molecule has 0 spiro atoms. The van der Waals surface area contributed by atoms with E-state index in [1.807, 2.05) is 27.8 Å². The van der Waals surface area contributed by atoms with Crippen LogP contribution in [0.1, 0.15) is 58.0 Å². The molecule has 1 saturated heterocycles. The molecule has 5 heteroatoms. The number of nitrogens with zero attached hydrogens (tertiary/aromatic N) is 2. The molecule has 1 amide bonds. The molecule has 1 aliphatic heterocycles. The number of hydrogen-bond donors (Lipinski definition) is 0. The highest BCUT2D eigenvalue weighted by molar-refractivity contribution is 6.41. The van der Waals surface area contributed by atoms with Gasteiger partial charge < -0.3 is 9.47 Å². The van der Waals surface area contributed by atoms with Crippen molar-refractivity contribution in [3.63, 3.8) is 0 Å². The van der Waals surface area contributed by atoms with Gasteiger partial charge in [-0.15, -0.1) is 0 Å². The van der Waals surface area contributed by atoms with Crippen molar-refractivity contribution in [1.29, 1.82) is 0 Å². The summed E-state index contributed by atoms with van der Waals surface area (Å²) in [4.78, 5) is 40.8. The predicted octanol–water partition coefficient (Wildman–Crippen LogP) is 4.68. The van der Waals surface area contributed by atoms with Crippen LogP contribution in [0.25, 0.3) is 17.0 Å². The number of aryl methyl sites for hydroxylation is 1. The summed E-state index contributed by atoms with van der Waals surface area (Å²) in [5, 5.41) is 0.958. The zero-order valence-electron chi connectivity index (χ0n) is 18.3. The molecular weight excluding hydrogens is 400 g/mol. The Labute approximate surface area is 187 Å². The maximum atomic E-state index is 13.0. The number of benzene rings is 2. The van der Waals surface area contributed by atoms with Gasteiger partial charge in [0.15, 0.2) is 11.6 Å². The zero-order chi connectivity index (χ0) is 22.2. The number of hydrogen-bond acceptors (Lipinski definition) is 3. The third kappa shape index (κ3) is 3.38. The molecule has 1 aromatic heterocycles. The van der Waals surface area contributed by atoms with E-state index >= 15 is 0 Å². The van der Waals surface area contributed by atoms with Crippen molar-refractivity contribution in [3.8, 4) is 0 Å². The highest BCUT2D eigenvalue weighted by Gasteiger charge is 2.33. The van der Waals surface area contributed by atoms with Crippen LogP contribution in [0.5, 0.6) is 0 Å². The SMILES string of the molecule is CCc1cccc2c(C=C3C(=O)c4ccccc4C3=O)cn(CC(=O)N3CCCCC3)c12. The summed E-state index contributed by atoms with van der Waals surface area (Å²) in [5.74, 6) is -0.350. The summed E-state index contributed by atoms with van der Waals surface area (Å²) in [6, 6.07) is 13.0. The van der Waals surface area contributed by atoms with E-state index in [0.29, 0.717) is 11.1 Å². The van der Waals surface area contributed by atoms with Gasteiger partial charge in [-0.05, 0) is 37.3 Å². The van der Waals surface area contributed by atoms with Crippen LogP contribution in [-0.2, 0) is 17.8 Å². The molecule has 1 aliphatic carbocycles. The van der Waals surface area contributed by atoms with Crippen LogP contribution in [0.2, 0.25) is 0 Å². The fraction of sp³-hybridized carbons (Fsp3) is 0.296. The Kier molecular flexibility index (Phi) is 5.25. The summed E-state index contributed by atoms with van der Waals surface area (Å²) in [6.45, 7) is 3.99. The summed E-state index contributed by atoms with van der Waals surface area (Å²) < 4.78 is 1.99. The number of rotatable bonds is 4. The molecule has 2 heterocycles. The smallest absolute Gasteiger partial charge is 0.242 e. The fourth-order valence-corrected chi connectivity index (χ4v) is 4.94. The monoisotopic (exact) mass is 426 g/mol. The number of carbonyl (C=O) groups excluding carboxylic acids is 3. The van der Waals surface area contributed by atoms with Gasteiger partial charge in [-0.1, -0.05) is 49.4 Å².